The molecule has 8 nitrogen and oxygen atoms in total. The Balaban J connectivity index is 1.66. The molecule has 0 aliphatic carbocycles. The molecule has 4 aromatic carbocycles. The smallest absolute Gasteiger partial charge is 0.200 e. The summed E-state index contributed by atoms with van der Waals surface area (Å²) in [6, 6.07) is 15.7. The van der Waals surface area contributed by atoms with Crippen LogP contribution in [-0.2, 0) is 13.5 Å². The van der Waals surface area contributed by atoms with Crippen LogP contribution in [0, 0.1) is 0 Å². The van der Waals surface area contributed by atoms with Crippen LogP contribution in [0.5, 0.6) is 23.0 Å². The van der Waals surface area contributed by atoms with Crippen molar-refractivity contribution < 1.29 is 20.1 Å². The number of rotatable bonds is 3. The van der Waals surface area contributed by atoms with Crippen LogP contribution < -0.4 is 15.6 Å². The molecule has 0 bridgehead atoms. The van der Waals surface area contributed by atoms with Crippen molar-refractivity contribution in [3.8, 4) is 23.0 Å². The fourth-order valence-electron chi connectivity index (χ4n) is 7.10. The molecule has 0 radical (unpaired) electrons. The first-order valence-corrected chi connectivity index (χ1v) is 15.0. The van der Waals surface area contributed by atoms with Crippen LogP contribution in [-0.4, -0.2) is 30.5 Å². The van der Waals surface area contributed by atoms with Crippen molar-refractivity contribution in [2.75, 3.05) is 0 Å². The maximum absolute atomic E-state index is 14.1. The average molecular weight is 603 g/mol. The number of phenols is 3. The Morgan fingerprint density at radius 1 is 0.956 bits per heavy atom. The lowest BCUT2D eigenvalue weighted by atomic mass is 9.77. The van der Waals surface area contributed by atoms with Gasteiger partial charge in [0.05, 0.1) is 27.3 Å². The number of hydrogen-bond donors (Lipinski definition) is 4. The van der Waals surface area contributed by atoms with Gasteiger partial charge in [0.15, 0.2) is 0 Å². The van der Waals surface area contributed by atoms with Gasteiger partial charge in [-0.05, 0) is 64.8 Å². The number of pyridine rings is 2. The number of hydrogen-bond acceptors (Lipinski definition) is 6. The van der Waals surface area contributed by atoms with E-state index in [4.69, 9.17) is 4.74 Å². The van der Waals surface area contributed by atoms with Crippen LogP contribution in [0.2, 0.25) is 0 Å². The molecule has 6 aromatic rings. The molecule has 0 saturated heterocycles. The lowest BCUT2D eigenvalue weighted by Gasteiger charge is -2.39. The summed E-state index contributed by atoms with van der Waals surface area (Å²) in [6.45, 7) is 7.70. The Kier molecular flexibility index (Phi) is 6.27. The number of phenolic OH excluding ortho intramolecular Hbond substituents is 3. The first-order chi connectivity index (χ1) is 21.4. The fraction of sp³-hybridized carbons (Fsp3) is 0.243. The quantitative estimate of drug-likeness (QED) is 0.128. The summed E-state index contributed by atoms with van der Waals surface area (Å²) >= 11 is 0. The average Bonchev–Trinajstić information content (AvgIpc) is 2.98. The van der Waals surface area contributed by atoms with Gasteiger partial charge in [0.2, 0.25) is 10.9 Å². The van der Waals surface area contributed by atoms with Gasteiger partial charge in [0.25, 0.3) is 0 Å². The predicted octanol–water partition coefficient (Wildman–Crippen LogP) is 7.00. The number of nitrogens with zero attached hydrogens (tertiary/aromatic N) is 1. The van der Waals surface area contributed by atoms with Crippen molar-refractivity contribution in [2.45, 2.75) is 52.1 Å². The van der Waals surface area contributed by atoms with Gasteiger partial charge in [-0.1, -0.05) is 35.9 Å². The lowest BCUT2D eigenvalue weighted by Crippen LogP contribution is -2.35. The standard InChI is InChI=1S/C37H34N2O6/c1-18(2)14-15-21-32-30(34(42)20-11-7-9-13-24(20)39(32)5)36(44)28(35(21)43)22-17-37(3,4)45-26-16-25(40)29-31(27(22)26)38-23-12-8-6-10-19(23)33(29)41/h6-14,16,22,40,43-44H,15,17H2,1-5H3,(H,38,41)/t22-/m0/s1. The minimum atomic E-state index is -0.794. The lowest BCUT2D eigenvalue weighted by molar-refractivity contribution is 0.0772. The van der Waals surface area contributed by atoms with Crippen molar-refractivity contribution in [1.29, 1.82) is 0 Å². The third kappa shape index (κ3) is 4.19. The summed E-state index contributed by atoms with van der Waals surface area (Å²) in [6.07, 6.45) is 2.60. The Labute approximate surface area is 258 Å². The molecule has 2 aromatic heterocycles. The van der Waals surface area contributed by atoms with Crippen molar-refractivity contribution in [2.24, 2.45) is 7.05 Å². The van der Waals surface area contributed by atoms with E-state index in [0.717, 1.165) is 5.57 Å². The highest BCUT2D eigenvalue weighted by Crippen LogP contribution is 2.54. The molecular formula is C37H34N2O6. The number of aromatic amines is 1. The van der Waals surface area contributed by atoms with Crippen molar-refractivity contribution in [1.82, 2.24) is 9.55 Å². The number of H-pyrrole nitrogens is 1. The molecule has 0 saturated carbocycles. The van der Waals surface area contributed by atoms with Gasteiger partial charge >= 0.3 is 0 Å². The summed E-state index contributed by atoms with van der Waals surface area (Å²) in [5.74, 6) is -1.06. The molecule has 45 heavy (non-hydrogen) atoms. The number of benzene rings is 4. The topological polar surface area (TPSA) is 125 Å². The number of aromatic hydroxyl groups is 3. The maximum atomic E-state index is 14.1. The van der Waals surface area contributed by atoms with Gasteiger partial charge < -0.3 is 29.6 Å². The summed E-state index contributed by atoms with van der Waals surface area (Å²) in [5, 5.41) is 36.6. The Hall–Kier alpha value is -5.24. The summed E-state index contributed by atoms with van der Waals surface area (Å²) < 4.78 is 8.22. The van der Waals surface area contributed by atoms with Gasteiger partial charge in [-0.2, -0.15) is 0 Å². The normalized spacial score (nSPS) is 15.8. The molecule has 1 atom stereocenters. The third-order valence-corrected chi connectivity index (χ3v) is 9.09. The molecular weight excluding hydrogens is 568 g/mol. The van der Waals surface area contributed by atoms with E-state index in [1.54, 1.807) is 30.3 Å². The van der Waals surface area contributed by atoms with E-state index in [0.29, 0.717) is 62.6 Å². The van der Waals surface area contributed by atoms with Crippen molar-refractivity contribution in [3.63, 3.8) is 0 Å². The van der Waals surface area contributed by atoms with Crippen molar-refractivity contribution >= 4 is 43.6 Å². The van der Waals surface area contributed by atoms with Gasteiger partial charge in [-0.25, -0.2) is 0 Å². The molecule has 0 unspecified atom stereocenters. The van der Waals surface area contributed by atoms with Gasteiger partial charge in [0.1, 0.15) is 28.6 Å². The zero-order valence-electron chi connectivity index (χ0n) is 25.8. The van der Waals surface area contributed by atoms with Gasteiger partial charge in [0, 0.05) is 52.0 Å². The number of aryl methyl sites for hydroxylation is 1. The second-order valence-electron chi connectivity index (χ2n) is 12.9. The predicted molar refractivity (Wildman–Crippen MR) is 178 cm³/mol. The van der Waals surface area contributed by atoms with Crippen molar-refractivity contribution in [3.05, 3.63) is 103 Å². The summed E-state index contributed by atoms with van der Waals surface area (Å²) in [5.41, 5.74) is 2.83. The first-order valence-electron chi connectivity index (χ1n) is 15.0. The third-order valence-electron chi connectivity index (χ3n) is 9.09. The van der Waals surface area contributed by atoms with Gasteiger partial charge in [-0.3, -0.25) is 9.59 Å². The van der Waals surface area contributed by atoms with E-state index in [2.05, 4.69) is 4.98 Å². The molecule has 0 fully saturated rings. The molecule has 0 spiro atoms. The largest absolute Gasteiger partial charge is 0.507 e. The zero-order valence-corrected chi connectivity index (χ0v) is 25.8. The summed E-state index contributed by atoms with van der Waals surface area (Å²) in [7, 11) is 1.83. The monoisotopic (exact) mass is 602 g/mol. The number of ether oxygens (including phenoxy) is 1. The number of aromatic nitrogens is 2. The molecule has 3 heterocycles. The van der Waals surface area contributed by atoms with E-state index in [-0.39, 0.29) is 44.4 Å². The highest BCUT2D eigenvalue weighted by molar-refractivity contribution is 6.02. The highest BCUT2D eigenvalue weighted by atomic mass is 16.5. The first kappa shape index (κ1) is 28.5. The fourth-order valence-corrected chi connectivity index (χ4v) is 7.10. The Bertz CT molecular complexity index is 2390. The van der Waals surface area contributed by atoms with E-state index in [1.807, 2.05) is 63.6 Å². The van der Waals surface area contributed by atoms with Crippen LogP contribution in [0.4, 0.5) is 0 Å². The molecule has 8 heteroatoms. The van der Waals surface area contributed by atoms with Crippen LogP contribution in [0.3, 0.4) is 0 Å². The van der Waals surface area contributed by atoms with Crippen LogP contribution >= 0.6 is 0 Å². The second-order valence-corrected chi connectivity index (χ2v) is 12.9. The highest BCUT2D eigenvalue weighted by Gasteiger charge is 2.41. The zero-order chi connectivity index (χ0) is 31.9. The molecule has 0 amide bonds. The Morgan fingerprint density at radius 3 is 2.36 bits per heavy atom. The van der Waals surface area contributed by atoms with E-state index < -0.39 is 11.5 Å². The molecule has 4 N–H and O–H groups in total. The minimum absolute atomic E-state index is 0.0900. The van der Waals surface area contributed by atoms with E-state index >= 15 is 0 Å². The van der Waals surface area contributed by atoms with Crippen LogP contribution in [0.25, 0.3) is 43.6 Å². The molecule has 7 rings (SSSR count). The molecule has 228 valence electrons. The number of allylic oxidation sites excluding steroid dienone is 2. The molecule has 1 aliphatic rings. The Morgan fingerprint density at radius 2 is 1.62 bits per heavy atom. The second kappa shape index (κ2) is 9.89. The van der Waals surface area contributed by atoms with Gasteiger partial charge in [-0.15, -0.1) is 0 Å². The number of fused-ring (bicyclic) bond motifs is 6. The SMILES string of the molecule is CC(C)=CCc1c(O)c([C@H]2CC(C)(C)Oc3cc(O)c4c(=O)c5ccccc5[nH]c4c32)c(O)c2c(=O)c3ccccc3n(C)c12. The van der Waals surface area contributed by atoms with Crippen LogP contribution in [0.1, 0.15) is 56.7 Å². The summed E-state index contributed by atoms with van der Waals surface area (Å²) in [4.78, 5) is 31.2. The maximum Gasteiger partial charge on any atom is 0.200 e. The number of nitrogens with one attached hydrogen (secondary N) is 1. The van der Waals surface area contributed by atoms with E-state index in [9.17, 15) is 24.9 Å². The molecule has 1 aliphatic heterocycles. The number of para-hydroxylation sites is 2. The van der Waals surface area contributed by atoms with Crippen LogP contribution in [0.15, 0.2) is 75.8 Å². The van der Waals surface area contributed by atoms with E-state index in [1.165, 1.54) is 6.07 Å². The minimum Gasteiger partial charge on any atom is -0.507 e.